The third-order valence-corrected chi connectivity index (χ3v) is 5.07. The van der Waals surface area contributed by atoms with Gasteiger partial charge >= 0.3 is 0 Å². The second kappa shape index (κ2) is 9.84. The first-order chi connectivity index (χ1) is 15.2. The second-order valence-corrected chi connectivity index (χ2v) is 7.21. The highest BCUT2D eigenvalue weighted by Gasteiger charge is 2.10. The monoisotopic (exact) mass is 417 g/mol. The molecule has 0 radical (unpaired) electrons. The number of hydrogen-bond acceptors (Lipinski definition) is 5. The van der Waals surface area contributed by atoms with Crippen molar-refractivity contribution in [1.82, 2.24) is 40.0 Å². The molecule has 0 aliphatic heterocycles. The summed E-state index contributed by atoms with van der Waals surface area (Å²) >= 11 is 0. The fourth-order valence-corrected chi connectivity index (χ4v) is 3.37. The van der Waals surface area contributed by atoms with Crippen molar-refractivity contribution >= 4 is 11.6 Å². The van der Waals surface area contributed by atoms with Crippen molar-refractivity contribution in [3.63, 3.8) is 0 Å². The van der Waals surface area contributed by atoms with E-state index in [9.17, 15) is 0 Å². The Bertz CT molecular complexity index is 1130. The lowest BCUT2D eigenvalue weighted by molar-refractivity contribution is 0.618. The molecule has 0 aliphatic carbocycles. The third-order valence-electron chi connectivity index (χ3n) is 5.07. The van der Waals surface area contributed by atoms with Crippen LogP contribution in [0.3, 0.4) is 0 Å². The van der Waals surface area contributed by atoms with E-state index in [4.69, 9.17) is 4.99 Å². The minimum Gasteiger partial charge on any atom is -0.355 e. The lowest BCUT2D eigenvalue weighted by Gasteiger charge is -2.19. The zero-order chi connectivity index (χ0) is 21.5. The highest BCUT2D eigenvalue weighted by atomic mass is 15.3. The summed E-state index contributed by atoms with van der Waals surface area (Å²) < 4.78 is 4.00. The van der Waals surface area contributed by atoms with Gasteiger partial charge in [-0.25, -0.2) is 4.99 Å². The van der Waals surface area contributed by atoms with E-state index >= 15 is 0 Å². The quantitative estimate of drug-likeness (QED) is 0.337. The van der Waals surface area contributed by atoms with Crippen LogP contribution in [0.25, 0.3) is 5.65 Å². The number of benzene rings is 1. The van der Waals surface area contributed by atoms with Crippen LogP contribution in [0.4, 0.5) is 0 Å². The molecule has 3 aromatic heterocycles. The van der Waals surface area contributed by atoms with Crippen molar-refractivity contribution in [1.29, 1.82) is 0 Å². The smallest absolute Gasteiger partial charge is 0.192 e. The van der Waals surface area contributed by atoms with Crippen molar-refractivity contribution in [2.75, 3.05) is 6.54 Å². The summed E-state index contributed by atoms with van der Waals surface area (Å²) in [5.74, 6) is 2.48. The Morgan fingerprint density at radius 2 is 1.87 bits per heavy atom. The Hall–Kier alpha value is -3.75. The number of nitrogens with one attached hydrogen (secondary N) is 2. The number of nitrogens with zero attached hydrogens (tertiary/aromatic N) is 7. The minimum atomic E-state index is 0.101. The zero-order valence-electron chi connectivity index (χ0n) is 17.8. The average Bonchev–Trinajstić information content (AvgIpc) is 3.44. The van der Waals surface area contributed by atoms with Crippen LogP contribution in [0.2, 0.25) is 0 Å². The van der Waals surface area contributed by atoms with Crippen LogP contribution >= 0.6 is 0 Å². The van der Waals surface area contributed by atoms with Gasteiger partial charge in [-0.15, -0.1) is 20.4 Å². The van der Waals surface area contributed by atoms with Crippen LogP contribution in [0.15, 0.2) is 66.0 Å². The summed E-state index contributed by atoms with van der Waals surface area (Å²) in [6, 6.07) is 16.2. The van der Waals surface area contributed by atoms with E-state index in [1.54, 1.807) is 6.33 Å². The standard InChI is InChI=1S/C22H27N9/c1-3-19-27-25-16-30(19)14-12-23-22(26-17(2)18-9-5-4-6-10-18)24-15-21-29-28-20-11-7-8-13-31(20)21/h4-11,13,16-17H,3,12,14-15H2,1-2H3,(H2,23,24,26). The SMILES string of the molecule is CCc1nncn1CCNC(=NCc1nnc2ccccn12)NC(C)c1ccccc1. The Kier molecular flexibility index (Phi) is 6.51. The normalized spacial score (nSPS) is 12.8. The molecule has 0 saturated heterocycles. The van der Waals surface area contributed by atoms with Crippen LogP contribution in [-0.2, 0) is 19.5 Å². The van der Waals surface area contributed by atoms with Crippen molar-refractivity contribution in [3.8, 4) is 0 Å². The molecule has 0 spiro atoms. The highest BCUT2D eigenvalue weighted by molar-refractivity contribution is 5.80. The van der Waals surface area contributed by atoms with Crippen molar-refractivity contribution in [2.24, 2.45) is 4.99 Å². The largest absolute Gasteiger partial charge is 0.355 e. The van der Waals surface area contributed by atoms with Crippen LogP contribution in [-0.4, -0.2) is 41.9 Å². The molecule has 31 heavy (non-hydrogen) atoms. The van der Waals surface area contributed by atoms with Crippen molar-refractivity contribution in [2.45, 2.75) is 39.4 Å². The molecule has 4 rings (SSSR count). The molecule has 0 fully saturated rings. The molecule has 160 valence electrons. The average molecular weight is 418 g/mol. The number of aromatic nitrogens is 6. The lowest BCUT2D eigenvalue weighted by Crippen LogP contribution is -2.40. The molecule has 2 N–H and O–H groups in total. The summed E-state index contributed by atoms with van der Waals surface area (Å²) in [7, 11) is 0. The fraction of sp³-hybridized carbons (Fsp3) is 0.318. The third kappa shape index (κ3) is 5.06. The summed E-state index contributed by atoms with van der Waals surface area (Å²) in [5, 5.41) is 23.5. The van der Waals surface area contributed by atoms with Gasteiger partial charge in [-0.2, -0.15) is 0 Å². The van der Waals surface area contributed by atoms with Gasteiger partial charge in [-0.3, -0.25) is 4.40 Å². The van der Waals surface area contributed by atoms with E-state index in [2.05, 4.69) is 61.6 Å². The summed E-state index contributed by atoms with van der Waals surface area (Å²) in [6.07, 6.45) is 4.56. The summed E-state index contributed by atoms with van der Waals surface area (Å²) in [4.78, 5) is 4.77. The Morgan fingerprint density at radius 1 is 1.03 bits per heavy atom. The van der Waals surface area contributed by atoms with Gasteiger partial charge in [-0.1, -0.05) is 43.3 Å². The number of pyridine rings is 1. The molecule has 0 aliphatic rings. The van der Waals surface area contributed by atoms with Crippen molar-refractivity contribution in [3.05, 3.63) is 78.3 Å². The van der Waals surface area contributed by atoms with Crippen LogP contribution < -0.4 is 10.6 Å². The number of hydrogen-bond donors (Lipinski definition) is 2. The van der Waals surface area contributed by atoms with Crippen LogP contribution in [0.1, 0.15) is 37.1 Å². The molecule has 4 aromatic rings. The van der Waals surface area contributed by atoms with Gasteiger partial charge < -0.3 is 15.2 Å². The zero-order valence-corrected chi connectivity index (χ0v) is 17.8. The molecule has 9 heteroatoms. The van der Waals surface area contributed by atoms with Gasteiger partial charge in [0.15, 0.2) is 17.4 Å². The summed E-state index contributed by atoms with van der Waals surface area (Å²) in [6.45, 7) is 6.05. The molecule has 0 bridgehead atoms. The molecular weight excluding hydrogens is 390 g/mol. The first-order valence-electron chi connectivity index (χ1n) is 10.5. The summed E-state index contributed by atoms with van der Waals surface area (Å²) in [5.41, 5.74) is 2.00. The van der Waals surface area contributed by atoms with Gasteiger partial charge in [0.2, 0.25) is 0 Å². The maximum absolute atomic E-state index is 4.77. The molecule has 1 atom stereocenters. The van der Waals surface area contributed by atoms with E-state index in [1.807, 2.05) is 47.0 Å². The highest BCUT2D eigenvalue weighted by Crippen LogP contribution is 2.11. The fourth-order valence-electron chi connectivity index (χ4n) is 3.37. The number of aliphatic imine (C=N–C) groups is 1. The Labute approximate surface area is 181 Å². The molecule has 0 saturated carbocycles. The van der Waals surface area contributed by atoms with Gasteiger partial charge in [0.25, 0.3) is 0 Å². The van der Waals surface area contributed by atoms with Gasteiger partial charge in [0, 0.05) is 25.7 Å². The van der Waals surface area contributed by atoms with E-state index in [-0.39, 0.29) is 6.04 Å². The Morgan fingerprint density at radius 3 is 2.71 bits per heavy atom. The Balaban J connectivity index is 1.47. The lowest BCUT2D eigenvalue weighted by atomic mass is 10.1. The minimum absolute atomic E-state index is 0.101. The van der Waals surface area contributed by atoms with Gasteiger partial charge in [0.05, 0.1) is 6.04 Å². The number of guanidine groups is 1. The predicted molar refractivity (Wildman–Crippen MR) is 120 cm³/mol. The van der Waals surface area contributed by atoms with Crippen LogP contribution in [0, 0.1) is 0 Å². The maximum Gasteiger partial charge on any atom is 0.192 e. The van der Waals surface area contributed by atoms with Crippen LogP contribution in [0.5, 0.6) is 0 Å². The first-order valence-corrected chi connectivity index (χ1v) is 10.5. The van der Waals surface area contributed by atoms with Gasteiger partial charge in [0.1, 0.15) is 18.7 Å². The number of aryl methyl sites for hydroxylation is 1. The molecule has 1 aromatic carbocycles. The molecule has 9 nitrogen and oxygen atoms in total. The second-order valence-electron chi connectivity index (χ2n) is 7.21. The molecular formula is C22H27N9. The first kappa shape index (κ1) is 20.5. The van der Waals surface area contributed by atoms with E-state index in [0.29, 0.717) is 13.1 Å². The molecule has 3 heterocycles. The topological polar surface area (TPSA) is 97.3 Å². The maximum atomic E-state index is 4.77. The van der Waals surface area contributed by atoms with E-state index in [1.165, 1.54) is 5.56 Å². The molecule has 0 amide bonds. The van der Waals surface area contributed by atoms with Gasteiger partial charge in [-0.05, 0) is 24.6 Å². The van der Waals surface area contributed by atoms with E-state index < -0.39 is 0 Å². The number of rotatable bonds is 8. The van der Waals surface area contributed by atoms with E-state index in [0.717, 1.165) is 36.2 Å². The van der Waals surface area contributed by atoms with Crippen molar-refractivity contribution < 1.29 is 0 Å². The number of fused-ring (bicyclic) bond motifs is 1. The molecule has 1 unspecified atom stereocenters. The predicted octanol–water partition coefficient (Wildman–Crippen LogP) is 2.38.